The molecule has 2 fully saturated rings. The van der Waals surface area contributed by atoms with E-state index in [0.717, 1.165) is 31.5 Å². The molecule has 0 spiro atoms. The van der Waals surface area contributed by atoms with Crippen molar-refractivity contribution >= 4 is 5.91 Å². The largest absolute Gasteiger partial charge is 0.417 e. The van der Waals surface area contributed by atoms with E-state index in [-0.39, 0.29) is 24.1 Å². The number of hydrogen-bond acceptors (Lipinski definition) is 5. The lowest BCUT2D eigenvalue weighted by Gasteiger charge is -2.39. The molecule has 9 heteroatoms. The van der Waals surface area contributed by atoms with Gasteiger partial charge in [0, 0.05) is 44.2 Å². The fourth-order valence-electron chi connectivity index (χ4n) is 4.52. The second-order valence-electron chi connectivity index (χ2n) is 8.90. The van der Waals surface area contributed by atoms with Crippen LogP contribution in [0.2, 0.25) is 0 Å². The van der Waals surface area contributed by atoms with Crippen LogP contribution in [0.4, 0.5) is 13.2 Å². The van der Waals surface area contributed by atoms with Crippen LogP contribution in [0.1, 0.15) is 57.1 Å². The zero-order valence-corrected chi connectivity index (χ0v) is 17.4. The fourth-order valence-corrected chi connectivity index (χ4v) is 4.52. The van der Waals surface area contributed by atoms with E-state index in [1.54, 1.807) is 13.8 Å². The summed E-state index contributed by atoms with van der Waals surface area (Å²) < 4.78 is 44.1. The third-order valence-electron chi connectivity index (χ3n) is 6.39. The lowest BCUT2D eigenvalue weighted by Crippen LogP contribution is -2.53. The Hall–Kier alpha value is -1.71. The number of pyridine rings is 1. The molecule has 2 heterocycles. The van der Waals surface area contributed by atoms with Gasteiger partial charge in [-0.05, 0) is 57.6 Å². The van der Waals surface area contributed by atoms with Gasteiger partial charge in [0.1, 0.15) is 0 Å². The number of halogens is 3. The Labute approximate surface area is 174 Å². The number of amides is 1. The van der Waals surface area contributed by atoms with Gasteiger partial charge >= 0.3 is 6.18 Å². The molecule has 3 N–H and O–H groups in total. The number of rotatable bonds is 6. The Morgan fingerprint density at radius 1 is 1.23 bits per heavy atom. The highest BCUT2D eigenvalue weighted by atomic mass is 19.4. The van der Waals surface area contributed by atoms with Crippen LogP contribution in [0.25, 0.3) is 0 Å². The summed E-state index contributed by atoms with van der Waals surface area (Å²) in [7, 11) is 0. The minimum atomic E-state index is -4.49. The summed E-state index contributed by atoms with van der Waals surface area (Å²) >= 11 is 0. The SMILES string of the molecule is CC(C)(O)[C@]1(C(=O)NCc2cncc(C(F)(F)F)c2)CC[C@@H](NC2CCOCC2)C1. The zero-order valence-electron chi connectivity index (χ0n) is 17.4. The fraction of sp³-hybridized carbons (Fsp3) is 0.714. The van der Waals surface area contributed by atoms with Crippen LogP contribution in [0, 0.1) is 5.41 Å². The Balaban J connectivity index is 1.66. The minimum Gasteiger partial charge on any atom is -0.389 e. The summed E-state index contributed by atoms with van der Waals surface area (Å²) in [4.78, 5) is 16.8. The molecule has 30 heavy (non-hydrogen) atoms. The third kappa shape index (κ3) is 5.12. The van der Waals surface area contributed by atoms with Gasteiger partial charge in [-0.3, -0.25) is 9.78 Å². The molecular formula is C21H30F3N3O3. The maximum Gasteiger partial charge on any atom is 0.417 e. The predicted molar refractivity (Wildman–Crippen MR) is 104 cm³/mol. The van der Waals surface area contributed by atoms with Crippen LogP contribution in [-0.2, 0) is 22.3 Å². The van der Waals surface area contributed by atoms with E-state index in [0.29, 0.717) is 32.1 Å². The maximum absolute atomic E-state index is 13.1. The normalized spacial score (nSPS) is 26.0. The lowest BCUT2D eigenvalue weighted by atomic mass is 9.71. The Bertz CT molecular complexity index is 745. The van der Waals surface area contributed by atoms with E-state index >= 15 is 0 Å². The molecule has 1 amide bonds. The summed E-state index contributed by atoms with van der Waals surface area (Å²) in [5.41, 5.74) is -2.87. The molecule has 6 nitrogen and oxygen atoms in total. The van der Waals surface area contributed by atoms with E-state index in [1.807, 2.05) is 0 Å². The Kier molecular flexibility index (Phi) is 6.74. The Morgan fingerprint density at radius 2 is 1.93 bits per heavy atom. The van der Waals surface area contributed by atoms with Gasteiger partial charge in [-0.15, -0.1) is 0 Å². The minimum absolute atomic E-state index is 0.0777. The van der Waals surface area contributed by atoms with Crippen molar-refractivity contribution in [3.8, 4) is 0 Å². The second-order valence-corrected chi connectivity index (χ2v) is 8.90. The first kappa shape index (κ1) is 23.0. The number of carbonyl (C=O) groups is 1. The van der Waals surface area contributed by atoms with Gasteiger partial charge in [-0.1, -0.05) is 0 Å². The summed E-state index contributed by atoms with van der Waals surface area (Å²) in [6, 6.07) is 1.41. The number of nitrogens with zero attached hydrogens (tertiary/aromatic N) is 1. The van der Waals surface area contributed by atoms with Crippen molar-refractivity contribution < 1.29 is 27.8 Å². The third-order valence-corrected chi connectivity index (χ3v) is 6.39. The number of ether oxygens (including phenoxy) is 1. The molecule has 0 bridgehead atoms. The van der Waals surface area contributed by atoms with Gasteiger partial charge in [-0.25, -0.2) is 0 Å². The van der Waals surface area contributed by atoms with E-state index in [4.69, 9.17) is 4.74 Å². The molecule has 168 valence electrons. The topological polar surface area (TPSA) is 83.5 Å². The highest BCUT2D eigenvalue weighted by Gasteiger charge is 2.54. The first-order chi connectivity index (χ1) is 14.0. The Morgan fingerprint density at radius 3 is 2.57 bits per heavy atom. The monoisotopic (exact) mass is 429 g/mol. The van der Waals surface area contributed by atoms with Gasteiger partial charge in [0.25, 0.3) is 0 Å². The van der Waals surface area contributed by atoms with Crippen LogP contribution in [0.3, 0.4) is 0 Å². The molecular weight excluding hydrogens is 399 g/mol. The van der Waals surface area contributed by atoms with Crippen molar-refractivity contribution in [3.63, 3.8) is 0 Å². The number of aromatic nitrogens is 1. The van der Waals surface area contributed by atoms with Gasteiger partial charge < -0.3 is 20.5 Å². The molecule has 0 radical (unpaired) electrons. The zero-order chi connectivity index (χ0) is 22.0. The van der Waals surface area contributed by atoms with E-state index < -0.39 is 22.8 Å². The molecule has 1 saturated heterocycles. The summed E-state index contributed by atoms with van der Waals surface area (Å²) in [6.07, 6.45) is 1.13. The van der Waals surface area contributed by atoms with Crippen LogP contribution >= 0.6 is 0 Å². The van der Waals surface area contributed by atoms with Crippen molar-refractivity contribution in [2.75, 3.05) is 13.2 Å². The predicted octanol–water partition coefficient (Wildman–Crippen LogP) is 2.80. The van der Waals surface area contributed by atoms with Crippen LogP contribution in [-0.4, -0.2) is 46.9 Å². The summed E-state index contributed by atoms with van der Waals surface area (Å²) in [5, 5.41) is 17.2. The first-order valence-electron chi connectivity index (χ1n) is 10.4. The van der Waals surface area contributed by atoms with Gasteiger partial charge in [0.15, 0.2) is 0 Å². The van der Waals surface area contributed by atoms with Crippen LogP contribution < -0.4 is 10.6 Å². The summed E-state index contributed by atoms with van der Waals surface area (Å²) in [5.74, 6) is -0.344. The molecule has 1 aromatic heterocycles. The molecule has 2 atom stereocenters. The first-order valence-corrected chi connectivity index (χ1v) is 10.4. The average Bonchev–Trinajstić information content (AvgIpc) is 3.12. The molecule has 3 rings (SSSR count). The highest BCUT2D eigenvalue weighted by molar-refractivity contribution is 5.84. The molecule has 0 aromatic carbocycles. The molecule has 1 aliphatic heterocycles. The van der Waals surface area contributed by atoms with Crippen molar-refractivity contribution in [1.82, 2.24) is 15.6 Å². The molecule has 0 unspecified atom stereocenters. The average molecular weight is 429 g/mol. The summed E-state index contributed by atoms with van der Waals surface area (Å²) in [6.45, 7) is 4.59. The number of hydrogen-bond donors (Lipinski definition) is 3. The van der Waals surface area contributed by atoms with Crippen LogP contribution in [0.15, 0.2) is 18.5 Å². The smallest absolute Gasteiger partial charge is 0.389 e. The second kappa shape index (κ2) is 8.80. The van der Waals surface area contributed by atoms with E-state index in [9.17, 15) is 23.1 Å². The van der Waals surface area contributed by atoms with Crippen molar-refractivity contribution in [1.29, 1.82) is 0 Å². The van der Waals surface area contributed by atoms with Crippen molar-refractivity contribution in [2.24, 2.45) is 5.41 Å². The maximum atomic E-state index is 13.1. The van der Waals surface area contributed by atoms with Gasteiger partial charge in [-0.2, -0.15) is 13.2 Å². The van der Waals surface area contributed by atoms with Crippen molar-refractivity contribution in [3.05, 3.63) is 29.6 Å². The lowest BCUT2D eigenvalue weighted by molar-refractivity contribution is -0.146. The van der Waals surface area contributed by atoms with Gasteiger partial charge in [0.2, 0.25) is 5.91 Å². The standard InChI is InChI=1S/C21H30F3N3O3/c1-19(2,29)20(6-3-17(10-20)27-16-4-7-30-8-5-16)18(28)26-12-14-9-15(13-25-11-14)21(22,23)24/h9,11,13,16-17,27,29H,3-8,10,12H2,1-2H3,(H,26,28)/t17-,20-/m1/s1. The number of alkyl halides is 3. The number of carbonyl (C=O) groups excluding carboxylic acids is 1. The van der Waals surface area contributed by atoms with Crippen molar-refractivity contribution in [2.45, 2.75) is 76.4 Å². The highest BCUT2D eigenvalue weighted by Crippen LogP contribution is 2.47. The molecule has 1 saturated carbocycles. The number of aliphatic hydroxyl groups is 1. The molecule has 1 aliphatic carbocycles. The molecule has 1 aromatic rings. The van der Waals surface area contributed by atoms with Crippen LogP contribution in [0.5, 0.6) is 0 Å². The van der Waals surface area contributed by atoms with E-state index in [2.05, 4.69) is 15.6 Å². The van der Waals surface area contributed by atoms with E-state index in [1.165, 1.54) is 6.20 Å². The molecule has 2 aliphatic rings. The van der Waals surface area contributed by atoms with Gasteiger partial charge in [0.05, 0.1) is 16.6 Å². The number of nitrogens with one attached hydrogen (secondary N) is 2. The quantitative estimate of drug-likeness (QED) is 0.648.